The van der Waals surface area contributed by atoms with E-state index >= 15 is 0 Å². The lowest BCUT2D eigenvalue weighted by molar-refractivity contribution is 0.0996. The van der Waals surface area contributed by atoms with Crippen molar-refractivity contribution in [3.63, 3.8) is 0 Å². The molecule has 5 rings (SSSR count). The summed E-state index contributed by atoms with van der Waals surface area (Å²) in [7, 11) is -8.65. The average Bonchev–Trinajstić information content (AvgIpc) is 3.71. The molecule has 5 aromatic rings. The van der Waals surface area contributed by atoms with Gasteiger partial charge in [-0.15, -0.1) is 22.7 Å². The number of carbonyl (C=O) groups is 2. The van der Waals surface area contributed by atoms with Crippen LogP contribution in [0.25, 0.3) is 0 Å². The minimum absolute atomic E-state index is 0.0195. The number of hydrogen-bond donors (Lipinski definition) is 0. The van der Waals surface area contributed by atoms with Crippen LogP contribution in [-0.4, -0.2) is 28.6 Å². The summed E-state index contributed by atoms with van der Waals surface area (Å²) in [5, 5.41) is 3.18. The minimum Gasteiger partial charge on any atom is -0.268 e. The molecule has 2 aromatic heterocycles. The highest BCUT2D eigenvalue weighted by atomic mass is 32.3. The maximum Gasteiger partial charge on any atom is 0.280 e. The van der Waals surface area contributed by atoms with E-state index in [4.69, 9.17) is 0 Å². The first-order valence-electron chi connectivity index (χ1n) is 12.5. The zero-order chi connectivity index (χ0) is 30.1. The first kappa shape index (κ1) is 29.4. The highest BCUT2D eigenvalue weighted by Gasteiger charge is 2.35. The van der Waals surface area contributed by atoms with Gasteiger partial charge in [0.25, 0.3) is 31.9 Å². The Labute approximate surface area is 252 Å². The van der Waals surface area contributed by atoms with Crippen LogP contribution in [0.5, 0.6) is 0 Å². The van der Waals surface area contributed by atoms with E-state index in [-0.39, 0.29) is 30.9 Å². The van der Waals surface area contributed by atoms with E-state index in [1.165, 1.54) is 36.4 Å². The minimum atomic E-state index is -4.32. The Balaban J connectivity index is 1.61. The fourth-order valence-corrected chi connectivity index (χ4v) is 9.04. The van der Waals surface area contributed by atoms with Gasteiger partial charge in [0.2, 0.25) is 0 Å². The molecule has 12 heteroatoms. The van der Waals surface area contributed by atoms with Gasteiger partial charge in [-0.25, -0.2) is 0 Å². The van der Waals surface area contributed by atoms with Crippen molar-refractivity contribution in [2.45, 2.75) is 22.3 Å². The Morgan fingerprint density at radius 1 is 0.524 bits per heavy atom. The van der Waals surface area contributed by atoms with Crippen LogP contribution in [0, 0.1) is 13.8 Å². The normalized spacial score (nSPS) is 11.7. The molecule has 0 radical (unpaired) electrons. The van der Waals surface area contributed by atoms with E-state index in [2.05, 4.69) is 0 Å². The van der Waals surface area contributed by atoms with Crippen molar-refractivity contribution in [2.24, 2.45) is 0 Å². The zero-order valence-corrected chi connectivity index (χ0v) is 25.6. The SMILES string of the molecule is Cc1ccc(C(=O)N(c2ccc(N(C(=O)c3ccc(C)cc3)S(=O)(=O)c3cccs3)cc2)S(=O)(=O)c2cccs2)cc1. The summed E-state index contributed by atoms with van der Waals surface area (Å²) >= 11 is 1.93. The van der Waals surface area contributed by atoms with E-state index in [1.807, 2.05) is 13.8 Å². The lowest BCUT2D eigenvalue weighted by atomic mass is 10.1. The molecular formula is C30H24N2O6S4. The molecule has 0 spiro atoms. The summed E-state index contributed by atoms with van der Waals surface area (Å²) < 4.78 is 56.0. The molecule has 0 unspecified atom stereocenters. The number of benzene rings is 3. The molecule has 0 saturated heterocycles. The highest BCUT2D eigenvalue weighted by molar-refractivity contribution is 7.96. The molecule has 8 nitrogen and oxygen atoms in total. The van der Waals surface area contributed by atoms with E-state index < -0.39 is 31.9 Å². The maximum atomic E-state index is 13.7. The molecule has 3 aromatic carbocycles. The molecule has 214 valence electrons. The average molecular weight is 637 g/mol. The van der Waals surface area contributed by atoms with Crippen LogP contribution < -0.4 is 8.61 Å². The van der Waals surface area contributed by atoms with Crippen molar-refractivity contribution in [1.82, 2.24) is 0 Å². The summed E-state index contributed by atoms with van der Waals surface area (Å²) in [4.78, 5) is 27.3. The number of carbonyl (C=O) groups excluding carboxylic acids is 2. The number of rotatable bonds is 8. The second kappa shape index (κ2) is 11.6. The Kier molecular flexibility index (Phi) is 8.15. The number of hydrogen-bond acceptors (Lipinski definition) is 8. The summed E-state index contributed by atoms with van der Waals surface area (Å²) in [5.74, 6) is -1.56. The zero-order valence-electron chi connectivity index (χ0n) is 22.4. The van der Waals surface area contributed by atoms with Crippen molar-refractivity contribution in [3.05, 3.63) is 130 Å². The van der Waals surface area contributed by atoms with Crippen LogP contribution in [0.15, 0.2) is 116 Å². The van der Waals surface area contributed by atoms with Crippen molar-refractivity contribution < 1.29 is 26.4 Å². The van der Waals surface area contributed by atoms with Gasteiger partial charge < -0.3 is 0 Å². The van der Waals surface area contributed by atoms with Crippen molar-refractivity contribution >= 4 is 65.9 Å². The Morgan fingerprint density at radius 2 is 0.857 bits per heavy atom. The molecule has 0 N–H and O–H groups in total. The lowest BCUT2D eigenvalue weighted by Crippen LogP contribution is -2.38. The largest absolute Gasteiger partial charge is 0.280 e. The van der Waals surface area contributed by atoms with E-state index in [9.17, 15) is 26.4 Å². The van der Waals surface area contributed by atoms with E-state index in [1.54, 1.807) is 71.4 Å². The summed E-state index contributed by atoms with van der Waals surface area (Å²) in [6.45, 7) is 3.70. The summed E-state index contributed by atoms with van der Waals surface area (Å²) in [6.07, 6.45) is 0. The van der Waals surface area contributed by atoms with Gasteiger partial charge in [-0.3, -0.25) is 9.59 Å². The van der Waals surface area contributed by atoms with Crippen molar-refractivity contribution in [1.29, 1.82) is 0 Å². The number of aryl methyl sites for hydroxylation is 2. The molecule has 2 heterocycles. The third-order valence-corrected chi connectivity index (χ3v) is 12.4. The standard InChI is InChI=1S/C30H24N2O6S4/c1-21-7-11-23(12-8-21)29(33)31(41(35,36)27-5-3-19-39-27)25-15-17-26(18-16-25)32(42(37,38)28-6-4-20-40-28)30(34)24-13-9-22(2)10-14-24/h3-20H,1-2H3. The monoisotopic (exact) mass is 636 g/mol. The molecule has 0 aliphatic rings. The van der Waals surface area contributed by atoms with Crippen LogP contribution in [0.1, 0.15) is 31.8 Å². The first-order valence-corrected chi connectivity index (χ1v) is 17.1. The van der Waals surface area contributed by atoms with Crippen LogP contribution in [0.4, 0.5) is 11.4 Å². The van der Waals surface area contributed by atoms with Crippen LogP contribution in [0.3, 0.4) is 0 Å². The molecule has 0 saturated carbocycles. The molecule has 0 aliphatic carbocycles. The maximum absolute atomic E-state index is 13.7. The topological polar surface area (TPSA) is 109 Å². The molecule has 0 bridgehead atoms. The lowest BCUT2D eigenvalue weighted by Gasteiger charge is -2.25. The van der Waals surface area contributed by atoms with Crippen LogP contribution in [0.2, 0.25) is 0 Å². The first-order chi connectivity index (χ1) is 20.0. The van der Waals surface area contributed by atoms with E-state index in [0.29, 0.717) is 8.61 Å². The van der Waals surface area contributed by atoms with Gasteiger partial charge in [0.15, 0.2) is 0 Å². The smallest absolute Gasteiger partial charge is 0.268 e. The number of sulfonamides is 2. The third kappa shape index (κ3) is 5.66. The Bertz CT molecular complexity index is 1790. The van der Waals surface area contributed by atoms with Crippen molar-refractivity contribution in [2.75, 3.05) is 8.61 Å². The van der Waals surface area contributed by atoms with Crippen LogP contribution in [-0.2, 0) is 20.0 Å². The molecule has 2 amide bonds. The fourth-order valence-electron chi connectivity index (χ4n) is 4.08. The number of nitrogens with zero attached hydrogens (tertiary/aromatic N) is 2. The number of thiophene rings is 2. The van der Waals surface area contributed by atoms with Gasteiger partial charge in [-0.05, 0) is 85.3 Å². The van der Waals surface area contributed by atoms with Gasteiger partial charge in [-0.2, -0.15) is 25.4 Å². The van der Waals surface area contributed by atoms with Gasteiger partial charge in [-0.1, -0.05) is 47.5 Å². The van der Waals surface area contributed by atoms with Gasteiger partial charge in [0.05, 0.1) is 11.4 Å². The molecule has 0 aliphatic heterocycles. The third-order valence-electron chi connectivity index (χ3n) is 6.26. The Morgan fingerprint density at radius 3 is 1.14 bits per heavy atom. The van der Waals surface area contributed by atoms with Gasteiger partial charge in [0, 0.05) is 11.1 Å². The molecule has 0 fully saturated rings. The fraction of sp³-hybridized carbons (Fsp3) is 0.0667. The van der Waals surface area contributed by atoms with Gasteiger partial charge in [0.1, 0.15) is 8.42 Å². The Hall–Kier alpha value is -4.10. The second-order valence-electron chi connectivity index (χ2n) is 9.26. The predicted octanol–water partition coefficient (Wildman–Crippen LogP) is 6.50. The summed E-state index contributed by atoms with van der Waals surface area (Å²) in [5.41, 5.74) is 2.06. The highest BCUT2D eigenvalue weighted by Crippen LogP contribution is 2.33. The number of amides is 2. The molecule has 42 heavy (non-hydrogen) atoms. The van der Waals surface area contributed by atoms with Crippen LogP contribution >= 0.6 is 22.7 Å². The molecular weight excluding hydrogens is 613 g/mol. The van der Waals surface area contributed by atoms with Crippen molar-refractivity contribution in [3.8, 4) is 0 Å². The summed E-state index contributed by atoms with van der Waals surface area (Å²) in [6, 6.07) is 24.2. The second-order valence-corrected chi connectivity index (χ2v) is 15.2. The quantitative estimate of drug-likeness (QED) is 0.192. The predicted molar refractivity (Wildman–Crippen MR) is 165 cm³/mol. The van der Waals surface area contributed by atoms with Gasteiger partial charge >= 0.3 is 0 Å². The molecule has 0 atom stereocenters. The number of anilines is 2. The van der Waals surface area contributed by atoms with E-state index in [0.717, 1.165) is 33.8 Å².